The van der Waals surface area contributed by atoms with E-state index >= 15 is 0 Å². The lowest BCUT2D eigenvalue weighted by Crippen LogP contribution is -2.30. The molecule has 0 radical (unpaired) electrons. The van der Waals surface area contributed by atoms with Crippen LogP contribution in [-0.2, 0) is 28.6 Å². The molecule has 0 heterocycles. The molecule has 0 N–H and O–H groups in total. The van der Waals surface area contributed by atoms with Gasteiger partial charge < -0.3 is 14.2 Å². The number of unbranched alkanes of at least 4 members (excludes halogenated alkanes) is 23. The van der Waals surface area contributed by atoms with Crippen molar-refractivity contribution in [2.45, 2.75) is 252 Å². The number of carbonyl (C=O) groups excluding carboxylic acids is 3. The van der Waals surface area contributed by atoms with Crippen molar-refractivity contribution in [3.63, 3.8) is 0 Å². The molecule has 0 bridgehead atoms. The van der Waals surface area contributed by atoms with E-state index in [-0.39, 0.29) is 31.1 Å². The number of esters is 3. The monoisotopic (exact) mass is 865 g/mol. The first-order valence-corrected chi connectivity index (χ1v) is 25.9. The van der Waals surface area contributed by atoms with E-state index in [0.29, 0.717) is 19.3 Å². The Morgan fingerprint density at radius 2 is 0.629 bits per heavy atom. The quantitative estimate of drug-likeness (QED) is 0.0262. The van der Waals surface area contributed by atoms with Crippen molar-refractivity contribution in [2.75, 3.05) is 13.2 Å². The van der Waals surface area contributed by atoms with Crippen molar-refractivity contribution in [2.24, 2.45) is 0 Å². The molecule has 0 aliphatic rings. The standard InChI is InChI=1S/C56H96O6/c1-4-7-10-13-16-19-22-25-27-28-29-32-34-37-40-43-46-49-55(58)61-52-53(51-60-54(57)48-45-42-39-36-33-30-24-21-18-15-12-9-6-3)62-56(59)50-47-44-41-38-35-31-26-23-20-17-14-11-8-5-2/h7,9-10,12,16,18-19,21,25,27,30,33,53H,4-6,8,11,13-15,17,20,22-24,26,28-29,31-32,34-52H2,1-3H3/b10-7-,12-9-,19-16-,21-18-,27-25-,33-30-. The largest absolute Gasteiger partial charge is 0.462 e. The average Bonchev–Trinajstić information content (AvgIpc) is 3.27. The highest BCUT2D eigenvalue weighted by Crippen LogP contribution is 2.15. The van der Waals surface area contributed by atoms with Gasteiger partial charge in [0.2, 0.25) is 0 Å². The van der Waals surface area contributed by atoms with E-state index in [9.17, 15) is 14.4 Å². The van der Waals surface area contributed by atoms with Crippen LogP contribution in [0.1, 0.15) is 245 Å². The Bertz CT molecular complexity index is 1180. The molecule has 0 aliphatic carbocycles. The van der Waals surface area contributed by atoms with Crippen LogP contribution in [0.5, 0.6) is 0 Å². The van der Waals surface area contributed by atoms with Gasteiger partial charge in [0.15, 0.2) is 6.10 Å². The van der Waals surface area contributed by atoms with Crippen molar-refractivity contribution in [1.29, 1.82) is 0 Å². The SMILES string of the molecule is CC/C=C\C/C=C\C/C=C\CCCCCCCCCC(=O)OCC(COC(=O)CCCCC/C=C\C/C=C\C/C=C\CC)OC(=O)CCCCCCCCCCCCCCCC. The van der Waals surface area contributed by atoms with Crippen molar-refractivity contribution in [3.8, 4) is 0 Å². The zero-order valence-corrected chi connectivity index (χ0v) is 40.6. The summed E-state index contributed by atoms with van der Waals surface area (Å²) in [6.07, 6.45) is 63.1. The average molecular weight is 865 g/mol. The molecule has 0 rings (SSSR count). The van der Waals surface area contributed by atoms with Crippen molar-refractivity contribution in [3.05, 3.63) is 72.9 Å². The number of hydrogen-bond donors (Lipinski definition) is 0. The van der Waals surface area contributed by atoms with Crippen LogP contribution in [0.4, 0.5) is 0 Å². The third kappa shape index (κ3) is 47.9. The van der Waals surface area contributed by atoms with Gasteiger partial charge in [-0.3, -0.25) is 14.4 Å². The molecule has 0 amide bonds. The van der Waals surface area contributed by atoms with E-state index in [1.54, 1.807) is 0 Å². The topological polar surface area (TPSA) is 78.9 Å². The molecule has 0 saturated heterocycles. The fourth-order valence-corrected chi connectivity index (χ4v) is 7.12. The van der Waals surface area contributed by atoms with E-state index in [1.165, 1.54) is 96.3 Å². The maximum absolute atomic E-state index is 12.8. The van der Waals surface area contributed by atoms with E-state index < -0.39 is 6.10 Å². The van der Waals surface area contributed by atoms with Gasteiger partial charge in [0.05, 0.1) is 0 Å². The molecule has 0 aromatic carbocycles. The first-order valence-electron chi connectivity index (χ1n) is 25.9. The number of rotatable bonds is 46. The Balaban J connectivity index is 4.41. The van der Waals surface area contributed by atoms with Gasteiger partial charge in [-0.25, -0.2) is 0 Å². The van der Waals surface area contributed by atoms with E-state index in [2.05, 4.69) is 93.7 Å². The van der Waals surface area contributed by atoms with Gasteiger partial charge >= 0.3 is 17.9 Å². The summed E-state index contributed by atoms with van der Waals surface area (Å²) in [4.78, 5) is 38.0. The predicted octanol–water partition coefficient (Wildman–Crippen LogP) is 17.0. The van der Waals surface area contributed by atoms with Gasteiger partial charge in [-0.15, -0.1) is 0 Å². The molecule has 0 saturated carbocycles. The fourth-order valence-electron chi connectivity index (χ4n) is 7.12. The smallest absolute Gasteiger partial charge is 0.306 e. The lowest BCUT2D eigenvalue weighted by Gasteiger charge is -2.18. The van der Waals surface area contributed by atoms with E-state index in [4.69, 9.17) is 14.2 Å². The Kier molecular flexibility index (Phi) is 47.9. The maximum Gasteiger partial charge on any atom is 0.306 e. The van der Waals surface area contributed by atoms with Crippen LogP contribution in [0.25, 0.3) is 0 Å². The van der Waals surface area contributed by atoms with Crippen molar-refractivity contribution >= 4 is 17.9 Å². The highest BCUT2D eigenvalue weighted by atomic mass is 16.6. The van der Waals surface area contributed by atoms with Gasteiger partial charge in [-0.1, -0.05) is 216 Å². The molecule has 62 heavy (non-hydrogen) atoms. The lowest BCUT2D eigenvalue weighted by atomic mass is 10.0. The lowest BCUT2D eigenvalue weighted by molar-refractivity contribution is -0.167. The Labute approximate surface area is 382 Å². The Morgan fingerprint density at radius 1 is 0.339 bits per heavy atom. The molecule has 0 spiro atoms. The third-order valence-corrected chi connectivity index (χ3v) is 11.0. The van der Waals surface area contributed by atoms with Gasteiger partial charge in [-0.05, 0) is 83.5 Å². The maximum atomic E-state index is 12.8. The number of ether oxygens (including phenoxy) is 3. The second-order valence-electron chi connectivity index (χ2n) is 17.0. The summed E-state index contributed by atoms with van der Waals surface area (Å²) in [7, 11) is 0. The minimum absolute atomic E-state index is 0.0887. The molecule has 1 atom stereocenters. The zero-order valence-electron chi connectivity index (χ0n) is 40.6. The van der Waals surface area contributed by atoms with Crippen LogP contribution in [0.2, 0.25) is 0 Å². The molecule has 0 fully saturated rings. The Hall–Kier alpha value is -3.15. The van der Waals surface area contributed by atoms with E-state index in [1.807, 2.05) is 0 Å². The summed E-state index contributed by atoms with van der Waals surface area (Å²) >= 11 is 0. The highest BCUT2D eigenvalue weighted by molar-refractivity contribution is 5.71. The fraction of sp³-hybridized carbons (Fsp3) is 0.732. The highest BCUT2D eigenvalue weighted by Gasteiger charge is 2.19. The van der Waals surface area contributed by atoms with Crippen LogP contribution in [0, 0.1) is 0 Å². The minimum atomic E-state index is -0.789. The molecule has 6 heteroatoms. The minimum Gasteiger partial charge on any atom is -0.462 e. The summed E-state index contributed by atoms with van der Waals surface area (Å²) < 4.78 is 16.8. The summed E-state index contributed by atoms with van der Waals surface area (Å²) in [6.45, 7) is 6.39. The molecule has 6 nitrogen and oxygen atoms in total. The molecular formula is C56H96O6. The summed E-state index contributed by atoms with van der Waals surface area (Å²) in [5.41, 5.74) is 0. The first-order chi connectivity index (χ1) is 30.5. The second-order valence-corrected chi connectivity index (χ2v) is 17.0. The number of hydrogen-bond acceptors (Lipinski definition) is 6. The van der Waals surface area contributed by atoms with Crippen LogP contribution >= 0.6 is 0 Å². The zero-order chi connectivity index (χ0) is 45.1. The molecule has 0 aliphatic heterocycles. The van der Waals surface area contributed by atoms with Crippen LogP contribution in [-0.4, -0.2) is 37.2 Å². The van der Waals surface area contributed by atoms with Crippen LogP contribution in [0.15, 0.2) is 72.9 Å². The van der Waals surface area contributed by atoms with Crippen LogP contribution < -0.4 is 0 Å². The van der Waals surface area contributed by atoms with Gasteiger partial charge in [0, 0.05) is 19.3 Å². The normalized spacial score (nSPS) is 12.6. The molecule has 356 valence electrons. The van der Waals surface area contributed by atoms with Gasteiger partial charge in [0.1, 0.15) is 13.2 Å². The molecule has 0 aromatic heterocycles. The van der Waals surface area contributed by atoms with Crippen molar-refractivity contribution in [1.82, 2.24) is 0 Å². The number of carbonyl (C=O) groups is 3. The molecular weight excluding hydrogens is 769 g/mol. The van der Waals surface area contributed by atoms with Crippen molar-refractivity contribution < 1.29 is 28.6 Å². The van der Waals surface area contributed by atoms with Crippen LogP contribution in [0.3, 0.4) is 0 Å². The van der Waals surface area contributed by atoms with Gasteiger partial charge in [-0.2, -0.15) is 0 Å². The first kappa shape index (κ1) is 58.9. The number of allylic oxidation sites excluding steroid dienone is 12. The predicted molar refractivity (Wildman–Crippen MR) is 265 cm³/mol. The van der Waals surface area contributed by atoms with E-state index in [0.717, 1.165) is 109 Å². The van der Waals surface area contributed by atoms with Gasteiger partial charge in [0.25, 0.3) is 0 Å². The third-order valence-electron chi connectivity index (χ3n) is 11.0. The Morgan fingerprint density at radius 3 is 1.00 bits per heavy atom. The second kappa shape index (κ2) is 50.5. The molecule has 0 aromatic rings. The molecule has 1 unspecified atom stereocenters. The summed E-state index contributed by atoms with van der Waals surface area (Å²) in [5.74, 6) is -0.924. The summed E-state index contributed by atoms with van der Waals surface area (Å²) in [6, 6.07) is 0. The summed E-state index contributed by atoms with van der Waals surface area (Å²) in [5, 5.41) is 0.